The molecule has 33 heavy (non-hydrogen) atoms. The first-order chi connectivity index (χ1) is 15.7. The monoisotopic (exact) mass is 456 g/mol. The van der Waals surface area contributed by atoms with Gasteiger partial charge in [0.1, 0.15) is 17.3 Å². The Morgan fingerprint density at radius 2 is 1.55 bits per heavy atom. The normalized spacial score (nSPS) is 21.2. The van der Waals surface area contributed by atoms with E-state index in [1.807, 2.05) is 4.90 Å². The zero-order chi connectivity index (χ0) is 23.9. The van der Waals surface area contributed by atoms with Crippen LogP contribution in [0.3, 0.4) is 0 Å². The third-order valence-electron chi connectivity index (χ3n) is 6.07. The van der Waals surface area contributed by atoms with Gasteiger partial charge in [0.25, 0.3) is 11.8 Å². The van der Waals surface area contributed by atoms with Crippen LogP contribution in [0.4, 0.5) is 14.5 Å². The number of halogens is 2. The Labute approximate surface area is 191 Å². The summed E-state index contributed by atoms with van der Waals surface area (Å²) in [5.74, 6) is -1.57. The minimum absolute atomic E-state index is 0.158. The van der Waals surface area contributed by atoms with E-state index in [-0.39, 0.29) is 17.0 Å². The van der Waals surface area contributed by atoms with Gasteiger partial charge in [-0.3, -0.25) is 9.59 Å². The molecule has 2 heterocycles. The molecule has 2 amide bonds. The summed E-state index contributed by atoms with van der Waals surface area (Å²) in [4.78, 5) is 29.9. The number of ether oxygens (including phenoxy) is 2. The number of benzene rings is 2. The number of piperidine rings is 1. The van der Waals surface area contributed by atoms with Crippen molar-refractivity contribution >= 4 is 23.1 Å². The maximum Gasteiger partial charge on any atom is 0.282 e. The molecule has 174 valence electrons. The summed E-state index contributed by atoms with van der Waals surface area (Å²) in [5, 5.41) is 0. The number of amides is 2. The Morgan fingerprint density at radius 1 is 0.879 bits per heavy atom. The van der Waals surface area contributed by atoms with Crippen molar-refractivity contribution in [1.29, 1.82) is 0 Å². The van der Waals surface area contributed by atoms with Gasteiger partial charge in [0, 0.05) is 19.2 Å². The molecule has 0 spiro atoms. The lowest BCUT2D eigenvalue weighted by molar-refractivity contribution is -0.121. The molecule has 0 radical (unpaired) electrons. The molecule has 4 rings (SSSR count). The lowest BCUT2D eigenvalue weighted by Gasteiger charge is -2.37. The van der Waals surface area contributed by atoms with Gasteiger partial charge in [-0.2, -0.15) is 0 Å². The molecule has 2 aromatic rings. The molecule has 1 fully saturated rings. The lowest BCUT2D eigenvalue weighted by Crippen LogP contribution is -2.42. The second kappa shape index (κ2) is 8.84. The Hall–Kier alpha value is -3.42. The Morgan fingerprint density at radius 3 is 2.15 bits per heavy atom. The van der Waals surface area contributed by atoms with Crippen LogP contribution in [0.5, 0.6) is 11.5 Å². The standard InChI is InChI=1S/C25H26F2N2O4/c1-14-9-15(2)13-28(12-14)23-22(16-5-8-20(32-3)21(10-16)33-4)24(30)29(25(23)31)19-7-6-17(26)11-18(19)27/h5-8,10-11,14-15H,9,12-13H2,1-4H3. The molecule has 2 aliphatic heterocycles. The summed E-state index contributed by atoms with van der Waals surface area (Å²) in [6, 6.07) is 7.74. The number of carbonyl (C=O) groups excluding carboxylic acids is 2. The maximum absolute atomic E-state index is 14.6. The van der Waals surface area contributed by atoms with Crippen LogP contribution < -0.4 is 14.4 Å². The van der Waals surface area contributed by atoms with Gasteiger partial charge in [-0.1, -0.05) is 19.9 Å². The lowest BCUT2D eigenvalue weighted by atomic mass is 9.91. The number of carbonyl (C=O) groups is 2. The highest BCUT2D eigenvalue weighted by Crippen LogP contribution is 2.40. The van der Waals surface area contributed by atoms with E-state index in [1.165, 1.54) is 14.2 Å². The fraction of sp³-hybridized carbons (Fsp3) is 0.360. The summed E-state index contributed by atoms with van der Waals surface area (Å²) >= 11 is 0. The second-order valence-corrected chi connectivity index (χ2v) is 8.69. The van der Waals surface area contributed by atoms with Crippen molar-refractivity contribution in [3.63, 3.8) is 0 Å². The Kier molecular flexibility index (Phi) is 6.10. The molecular formula is C25H26F2N2O4. The first-order valence-electron chi connectivity index (χ1n) is 10.8. The zero-order valence-corrected chi connectivity index (χ0v) is 19.0. The van der Waals surface area contributed by atoms with Gasteiger partial charge in [0.05, 0.1) is 25.5 Å². The predicted octanol–water partition coefficient (Wildman–Crippen LogP) is 4.24. The smallest absolute Gasteiger partial charge is 0.282 e. The summed E-state index contributed by atoms with van der Waals surface area (Å²) in [6.07, 6.45) is 1.01. The quantitative estimate of drug-likeness (QED) is 0.630. The van der Waals surface area contributed by atoms with Gasteiger partial charge in [0.15, 0.2) is 11.5 Å². The fourth-order valence-corrected chi connectivity index (χ4v) is 4.79. The number of rotatable bonds is 5. The van der Waals surface area contributed by atoms with Gasteiger partial charge >= 0.3 is 0 Å². The maximum atomic E-state index is 14.6. The SMILES string of the molecule is COc1ccc(C2=C(N3CC(C)CC(C)C3)C(=O)N(c3ccc(F)cc3F)C2=O)cc1OC. The average Bonchev–Trinajstić information content (AvgIpc) is 3.03. The first-order valence-corrected chi connectivity index (χ1v) is 10.8. The number of imide groups is 1. The van der Waals surface area contributed by atoms with E-state index < -0.39 is 23.4 Å². The summed E-state index contributed by atoms with van der Waals surface area (Å²) < 4.78 is 38.8. The highest BCUT2D eigenvalue weighted by molar-refractivity contribution is 6.45. The molecule has 8 heteroatoms. The van der Waals surface area contributed by atoms with Crippen LogP contribution in [0.15, 0.2) is 42.1 Å². The van der Waals surface area contributed by atoms with E-state index in [1.54, 1.807) is 18.2 Å². The molecule has 1 saturated heterocycles. The van der Waals surface area contributed by atoms with Gasteiger partial charge in [-0.15, -0.1) is 0 Å². The van der Waals surface area contributed by atoms with E-state index in [9.17, 15) is 18.4 Å². The zero-order valence-electron chi connectivity index (χ0n) is 19.0. The van der Waals surface area contributed by atoms with Crippen LogP contribution in [0.2, 0.25) is 0 Å². The van der Waals surface area contributed by atoms with Crippen molar-refractivity contribution in [2.75, 3.05) is 32.2 Å². The molecule has 2 unspecified atom stereocenters. The van der Waals surface area contributed by atoms with Crippen molar-refractivity contribution in [3.05, 3.63) is 59.3 Å². The van der Waals surface area contributed by atoms with Gasteiger partial charge in [0.2, 0.25) is 0 Å². The number of hydrogen-bond donors (Lipinski definition) is 0. The van der Waals surface area contributed by atoms with Crippen LogP contribution in [0.25, 0.3) is 5.57 Å². The molecule has 0 aliphatic carbocycles. The van der Waals surface area contributed by atoms with Crippen LogP contribution in [-0.4, -0.2) is 44.0 Å². The van der Waals surface area contributed by atoms with E-state index in [2.05, 4.69) is 13.8 Å². The average molecular weight is 456 g/mol. The summed E-state index contributed by atoms with van der Waals surface area (Å²) in [6.45, 7) is 5.38. The van der Waals surface area contributed by atoms with E-state index >= 15 is 0 Å². The Bertz CT molecular complexity index is 1140. The van der Waals surface area contributed by atoms with Crippen LogP contribution >= 0.6 is 0 Å². The van der Waals surface area contributed by atoms with E-state index in [4.69, 9.17) is 9.47 Å². The molecule has 2 atom stereocenters. The molecule has 2 aromatic carbocycles. The first kappa shape index (κ1) is 22.8. The van der Waals surface area contributed by atoms with E-state index in [0.717, 1.165) is 23.5 Å². The molecule has 0 N–H and O–H groups in total. The third kappa shape index (κ3) is 4.05. The van der Waals surface area contributed by atoms with Gasteiger partial charge in [-0.25, -0.2) is 13.7 Å². The summed E-state index contributed by atoms with van der Waals surface area (Å²) in [5.41, 5.74) is 0.551. The molecule has 6 nitrogen and oxygen atoms in total. The topological polar surface area (TPSA) is 59.1 Å². The Balaban J connectivity index is 1.88. The number of methoxy groups -OCH3 is 2. The van der Waals surface area contributed by atoms with Crippen molar-refractivity contribution in [2.45, 2.75) is 20.3 Å². The van der Waals surface area contributed by atoms with Crippen LogP contribution in [0, 0.1) is 23.5 Å². The van der Waals surface area contributed by atoms with Crippen molar-refractivity contribution in [2.24, 2.45) is 11.8 Å². The highest BCUT2D eigenvalue weighted by Gasteiger charge is 2.44. The molecule has 0 saturated carbocycles. The number of likely N-dealkylation sites (tertiary alicyclic amines) is 1. The van der Waals surface area contributed by atoms with Gasteiger partial charge in [-0.05, 0) is 48.1 Å². The fourth-order valence-electron chi connectivity index (χ4n) is 4.79. The minimum atomic E-state index is -0.981. The number of nitrogens with zero attached hydrogens (tertiary/aromatic N) is 2. The molecular weight excluding hydrogens is 430 g/mol. The third-order valence-corrected chi connectivity index (χ3v) is 6.07. The molecule has 2 aliphatic rings. The molecule has 0 bridgehead atoms. The predicted molar refractivity (Wildman–Crippen MR) is 120 cm³/mol. The molecule has 0 aromatic heterocycles. The second-order valence-electron chi connectivity index (χ2n) is 8.69. The van der Waals surface area contributed by atoms with Crippen LogP contribution in [0.1, 0.15) is 25.8 Å². The number of anilines is 1. The highest BCUT2D eigenvalue weighted by atomic mass is 19.1. The van der Waals surface area contributed by atoms with Crippen molar-refractivity contribution in [1.82, 2.24) is 4.90 Å². The van der Waals surface area contributed by atoms with Crippen molar-refractivity contribution < 1.29 is 27.8 Å². The van der Waals surface area contributed by atoms with Gasteiger partial charge < -0.3 is 14.4 Å². The largest absolute Gasteiger partial charge is 0.493 e. The van der Waals surface area contributed by atoms with Crippen LogP contribution in [-0.2, 0) is 9.59 Å². The minimum Gasteiger partial charge on any atom is -0.493 e. The summed E-state index contributed by atoms with van der Waals surface area (Å²) in [7, 11) is 2.98. The number of hydrogen-bond acceptors (Lipinski definition) is 5. The van der Waals surface area contributed by atoms with Crippen molar-refractivity contribution in [3.8, 4) is 11.5 Å². The van der Waals surface area contributed by atoms with E-state index in [0.29, 0.717) is 48.1 Å².